The number of anilines is 2. The first-order valence-electron chi connectivity index (χ1n) is 9.20. The predicted molar refractivity (Wildman–Crippen MR) is 102 cm³/mol. The number of fused-ring (bicyclic) bond motifs is 1. The number of aryl methyl sites for hydroxylation is 1. The van der Waals surface area contributed by atoms with Crippen molar-refractivity contribution in [2.75, 3.05) is 10.6 Å². The number of hydrogen-bond donors (Lipinski definition) is 2. The second-order valence-electron chi connectivity index (χ2n) is 7.21. The van der Waals surface area contributed by atoms with E-state index < -0.39 is 29.2 Å². The van der Waals surface area contributed by atoms with Crippen molar-refractivity contribution in [2.24, 2.45) is 0 Å². The molecule has 4 rings (SSSR count). The molecule has 1 aromatic carbocycles. The molecule has 7 nitrogen and oxygen atoms in total. The first-order valence-corrected chi connectivity index (χ1v) is 9.20. The molecule has 30 heavy (non-hydrogen) atoms. The molecule has 0 unspecified atom stereocenters. The molecular formula is C20H17F3N4O3. The second-order valence-corrected chi connectivity index (χ2v) is 7.21. The smallest absolute Gasteiger partial charge is 0.336 e. The molecule has 2 amide bonds. The average molecular weight is 418 g/mol. The Morgan fingerprint density at radius 1 is 1.17 bits per heavy atom. The zero-order valence-electron chi connectivity index (χ0n) is 16.1. The highest BCUT2D eigenvalue weighted by Gasteiger charge is 2.35. The topological polar surface area (TPSA) is 97.1 Å². The Hall–Kier alpha value is -3.43. The molecule has 0 spiro atoms. The van der Waals surface area contributed by atoms with Crippen LogP contribution in [0.5, 0.6) is 0 Å². The number of aromatic nitrogens is 2. The Morgan fingerprint density at radius 3 is 2.53 bits per heavy atom. The van der Waals surface area contributed by atoms with E-state index in [0.717, 1.165) is 25.0 Å². The summed E-state index contributed by atoms with van der Waals surface area (Å²) in [5.41, 5.74) is -0.114. The molecule has 2 heterocycles. The van der Waals surface area contributed by atoms with Gasteiger partial charge in [0.05, 0.1) is 27.9 Å². The van der Waals surface area contributed by atoms with Gasteiger partial charge in [-0.15, -0.1) is 0 Å². The highest BCUT2D eigenvalue weighted by molar-refractivity contribution is 6.12. The van der Waals surface area contributed by atoms with Crippen LogP contribution in [0.4, 0.5) is 24.5 Å². The highest BCUT2D eigenvalue weighted by atomic mass is 19.4. The van der Waals surface area contributed by atoms with Crippen molar-refractivity contribution in [3.05, 3.63) is 46.8 Å². The Morgan fingerprint density at radius 2 is 1.90 bits per heavy atom. The van der Waals surface area contributed by atoms with Gasteiger partial charge in [0.1, 0.15) is 0 Å². The van der Waals surface area contributed by atoms with Crippen LogP contribution in [0.15, 0.2) is 28.8 Å². The molecular weight excluding hydrogens is 401 g/mol. The van der Waals surface area contributed by atoms with Crippen molar-refractivity contribution in [2.45, 2.75) is 38.8 Å². The minimum atomic E-state index is -4.74. The van der Waals surface area contributed by atoms with Crippen LogP contribution < -0.4 is 10.6 Å². The fourth-order valence-corrected chi connectivity index (χ4v) is 3.24. The number of nitrogens with one attached hydrogen (secondary N) is 2. The van der Waals surface area contributed by atoms with Gasteiger partial charge in [0.2, 0.25) is 5.91 Å². The van der Waals surface area contributed by atoms with E-state index in [2.05, 4.69) is 20.8 Å². The van der Waals surface area contributed by atoms with Crippen LogP contribution in [-0.2, 0) is 11.0 Å². The molecule has 0 radical (unpaired) electrons. The van der Waals surface area contributed by atoms with Gasteiger partial charge in [-0.25, -0.2) is 4.98 Å². The third kappa shape index (κ3) is 3.85. The fraction of sp³-hybridized carbons (Fsp3) is 0.300. The van der Waals surface area contributed by atoms with Crippen molar-refractivity contribution < 1.29 is 27.3 Å². The number of benzene rings is 1. The monoisotopic (exact) mass is 418 g/mol. The largest absolute Gasteiger partial charge is 0.418 e. The van der Waals surface area contributed by atoms with Gasteiger partial charge in [-0.2, -0.15) is 13.2 Å². The SMILES string of the molecule is CC(=O)Nc1ccc(NC(=O)c2cc(C3CC3)nc3onc(C)c23)c(C(F)(F)F)c1. The molecule has 0 atom stereocenters. The zero-order valence-corrected chi connectivity index (χ0v) is 16.1. The third-order valence-corrected chi connectivity index (χ3v) is 4.77. The standard InChI is InChI=1S/C20H17F3N4O3/c1-9-17-13(8-16(11-3-4-11)26-19(17)30-27-9)18(29)25-15-6-5-12(24-10(2)28)7-14(15)20(21,22)23/h5-8,11H,3-4H2,1-2H3,(H,24,28)(H,25,29). The van der Waals surface area contributed by atoms with Crippen LogP contribution >= 0.6 is 0 Å². The number of alkyl halides is 3. The summed E-state index contributed by atoms with van der Waals surface area (Å²) in [6, 6.07) is 4.75. The molecule has 1 aliphatic carbocycles. The van der Waals surface area contributed by atoms with Crippen LogP contribution in [0.2, 0.25) is 0 Å². The maximum atomic E-state index is 13.6. The molecule has 0 bridgehead atoms. The van der Waals surface area contributed by atoms with E-state index >= 15 is 0 Å². The summed E-state index contributed by atoms with van der Waals surface area (Å²) in [5.74, 6) is -1.03. The molecule has 0 saturated heterocycles. The first-order chi connectivity index (χ1) is 14.1. The van der Waals surface area contributed by atoms with Gasteiger partial charge in [-0.1, -0.05) is 5.16 Å². The van der Waals surface area contributed by atoms with Gasteiger partial charge >= 0.3 is 6.18 Å². The van der Waals surface area contributed by atoms with E-state index in [-0.39, 0.29) is 22.9 Å². The van der Waals surface area contributed by atoms with Crippen LogP contribution in [-0.4, -0.2) is 22.0 Å². The normalized spacial score (nSPS) is 14.0. The number of carbonyl (C=O) groups is 2. The van der Waals surface area contributed by atoms with Gasteiger partial charge in [0.15, 0.2) is 0 Å². The molecule has 1 fully saturated rings. The summed E-state index contributed by atoms with van der Waals surface area (Å²) in [6.45, 7) is 2.82. The van der Waals surface area contributed by atoms with Gasteiger partial charge < -0.3 is 15.2 Å². The van der Waals surface area contributed by atoms with Crippen molar-refractivity contribution in [1.29, 1.82) is 0 Å². The number of hydrogen-bond acceptors (Lipinski definition) is 5. The predicted octanol–water partition coefficient (Wildman–Crippen LogP) is 4.64. The Kier molecular flexibility index (Phi) is 4.71. The van der Waals surface area contributed by atoms with Crippen molar-refractivity contribution >= 4 is 34.3 Å². The molecule has 2 aromatic heterocycles. The zero-order chi connectivity index (χ0) is 21.6. The lowest BCUT2D eigenvalue weighted by Crippen LogP contribution is -2.18. The lowest BCUT2D eigenvalue weighted by Gasteiger charge is -2.16. The highest BCUT2D eigenvalue weighted by Crippen LogP contribution is 2.41. The Bertz CT molecular complexity index is 1170. The second kappa shape index (κ2) is 7.12. The van der Waals surface area contributed by atoms with E-state index in [9.17, 15) is 22.8 Å². The van der Waals surface area contributed by atoms with E-state index in [1.807, 2.05) is 0 Å². The number of nitrogens with zero attached hydrogens (tertiary/aromatic N) is 2. The summed E-state index contributed by atoms with van der Waals surface area (Å²) < 4.78 is 45.9. The van der Waals surface area contributed by atoms with E-state index in [1.54, 1.807) is 13.0 Å². The third-order valence-electron chi connectivity index (χ3n) is 4.77. The van der Waals surface area contributed by atoms with Gasteiger partial charge in [-0.3, -0.25) is 9.59 Å². The van der Waals surface area contributed by atoms with Crippen molar-refractivity contribution in [3.63, 3.8) is 0 Å². The van der Waals surface area contributed by atoms with E-state index in [4.69, 9.17) is 4.52 Å². The van der Waals surface area contributed by atoms with Gasteiger partial charge in [-0.05, 0) is 44.0 Å². The molecule has 156 valence electrons. The minimum absolute atomic E-state index is 0.0231. The fourth-order valence-electron chi connectivity index (χ4n) is 3.24. The Labute approximate surface area is 168 Å². The summed E-state index contributed by atoms with van der Waals surface area (Å²) in [4.78, 5) is 28.5. The quantitative estimate of drug-likeness (QED) is 0.644. The van der Waals surface area contributed by atoms with Gasteiger partial charge in [0, 0.05) is 24.2 Å². The maximum absolute atomic E-state index is 13.6. The number of rotatable bonds is 4. The van der Waals surface area contributed by atoms with E-state index in [0.29, 0.717) is 16.8 Å². The number of pyridine rings is 1. The van der Waals surface area contributed by atoms with Crippen molar-refractivity contribution in [1.82, 2.24) is 10.1 Å². The average Bonchev–Trinajstić information content (AvgIpc) is 3.44. The van der Waals surface area contributed by atoms with E-state index in [1.165, 1.54) is 13.0 Å². The summed E-state index contributed by atoms with van der Waals surface area (Å²) in [6.07, 6.45) is -2.89. The Balaban J connectivity index is 1.74. The van der Waals surface area contributed by atoms with Crippen LogP contribution in [0, 0.1) is 6.92 Å². The minimum Gasteiger partial charge on any atom is -0.336 e. The summed E-state index contributed by atoms with van der Waals surface area (Å²) >= 11 is 0. The van der Waals surface area contributed by atoms with Crippen LogP contribution in [0.25, 0.3) is 11.1 Å². The lowest BCUT2D eigenvalue weighted by atomic mass is 10.1. The first kappa shape index (κ1) is 19.9. The number of amides is 2. The lowest BCUT2D eigenvalue weighted by molar-refractivity contribution is -0.137. The molecule has 1 aliphatic rings. The van der Waals surface area contributed by atoms with Crippen LogP contribution in [0.1, 0.15) is 53.0 Å². The number of carbonyl (C=O) groups excluding carboxylic acids is 2. The summed E-state index contributed by atoms with van der Waals surface area (Å²) in [7, 11) is 0. The summed E-state index contributed by atoms with van der Waals surface area (Å²) in [5, 5.41) is 8.83. The van der Waals surface area contributed by atoms with Gasteiger partial charge in [0.25, 0.3) is 11.6 Å². The molecule has 3 aromatic rings. The van der Waals surface area contributed by atoms with Crippen molar-refractivity contribution in [3.8, 4) is 0 Å². The molecule has 0 aliphatic heterocycles. The maximum Gasteiger partial charge on any atom is 0.418 e. The molecule has 1 saturated carbocycles. The van der Waals surface area contributed by atoms with Crippen LogP contribution in [0.3, 0.4) is 0 Å². The molecule has 10 heteroatoms. The number of halogens is 3. The molecule has 2 N–H and O–H groups in total.